The molecule has 0 saturated heterocycles. The molecule has 1 aromatic heterocycles. The van der Waals surface area contributed by atoms with Crippen LogP contribution in [-0.2, 0) is 24.3 Å². The largest absolute Gasteiger partial charge is 0.389 e. The summed E-state index contributed by atoms with van der Waals surface area (Å²) in [6.07, 6.45) is 2.99. The fraction of sp³-hybridized carbons (Fsp3) is 0.500. The predicted octanol–water partition coefficient (Wildman–Crippen LogP) is 1.41. The van der Waals surface area contributed by atoms with Crippen LogP contribution in [0.5, 0.6) is 0 Å². The number of nitrogens with one attached hydrogen (secondary N) is 1. The Morgan fingerprint density at radius 1 is 1.39 bits per heavy atom. The van der Waals surface area contributed by atoms with Gasteiger partial charge in [0.25, 0.3) is 0 Å². The van der Waals surface area contributed by atoms with E-state index >= 15 is 0 Å². The van der Waals surface area contributed by atoms with E-state index in [1.54, 1.807) is 6.33 Å². The second-order valence-electron chi connectivity index (χ2n) is 5.80. The van der Waals surface area contributed by atoms with E-state index in [2.05, 4.69) is 15.4 Å². The van der Waals surface area contributed by atoms with E-state index in [9.17, 15) is 5.11 Å². The third kappa shape index (κ3) is 4.75. The second-order valence-corrected chi connectivity index (χ2v) is 6.23. The maximum absolute atomic E-state index is 10.0. The van der Waals surface area contributed by atoms with E-state index in [0.717, 1.165) is 30.8 Å². The fourth-order valence-corrected chi connectivity index (χ4v) is 2.79. The Labute approximate surface area is 140 Å². The van der Waals surface area contributed by atoms with Gasteiger partial charge in [0.05, 0.1) is 25.9 Å². The molecule has 2 aromatic rings. The summed E-state index contributed by atoms with van der Waals surface area (Å²) in [6, 6.07) is 7.82. The molecule has 2 N–H and O–H groups in total. The lowest BCUT2D eigenvalue weighted by Gasteiger charge is -2.24. The smallest absolute Gasteiger partial charge is 0.138 e. The maximum Gasteiger partial charge on any atom is 0.138 e. The van der Waals surface area contributed by atoms with Crippen LogP contribution in [0.2, 0.25) is 5.02 Å². The van der Waals surface area contributed by atoms with Crippen LogP contribution < -0.4 is 5.32 Å². The summed E-state index contributed by atoms with van der Waals surface area (Å²) in [4.78, 5) is 4.21. The number of hydrogen-bond donors (Lipinski definition) is 2. The van der Waals surface area contributed by atoms with Gasteiger partial charge in [0, 0.05) is 24.0 Å². The highest BCUT2D eigenvalue weighted by molar-refractivity contribution is 6.30. The zero-order chi connectivity index (χ0) is 16.1. The Hall–Kier alpha value is -1.47. The van der Waals surface area contributed by atoms with Crippen LogP contribution in [-0.4, -0.2) is 45.2 Å². The number of aryl methyl sites for hydroxylation is 1. The number of rotatable bonds is 7. The standard InChI is InChI=1S/C16H21ClN4O2/c17-13-3-1-12(2-4-13)9-23-10-15(22)7-18-14-5-6-16-19-11-20-21(16)8-14/h1-4,11,14-15,18,22H,5-10H2/t14-,15-/m1/s1. The summed E-state index contributed by atoms with van der Waals surface area (Å²) in [6.45, 7) is 2.08. The average Bonchev–Trinajstić information content (AvgIpc) is 3.02. The summed E-state index contributed by atoms with van der Waals surface area (Å²) in [5.74, 6) is 1.04. The molecule has 0 radical (unpaired) electrons. The first-order valence-corrected chi connectivity index (χ1v) is 8.19. The molecule has 3 rings (SSSR count). The normalized spacial score (nSPS) is 18.6. The molecule has 1 aromatic carbocycles. The van der Waals surface area contributed by atoms with Gasteiger partial charge in [-0.2, -0.15) is 5.10 Å². The van der Waals surface area contributed by atoms with Crippen molar-refractivity contribution in [3.8, 4) is 0 Å². The Morgan fingerprint density at radius 3 is 3.04 bits per heavy atom. The lowest BCUT2D eigenvalue weighted by molar-refractivity contribution is 0.0269. The number of fused-ring (bicyclic) bond motifs is 1. The molecule has 0 aliphatic carbocycles. The Balaban J connectivity index is 1.34. The molecule has 23 heavy (non-hydrogen) atoms. The van der Waals surface area contributed by atoms with Crippen molar-refractivity contribution >= 4 is 11.6 Å². The first kappa shape index (κ1) is 16.4. The molecule has 2 heterocycles. The van der Waals surface area contributed by atoms with Crippen LogP contribution in [0.3, 0.4) is 0 Å². The highest BCUT2D eigenvalue weighted by Gasteiger charge is 2.20. The van der Waals surface area contributed by atoms with Gasteiger partial charge in [-0.3, -0.25) is 0 Å². The molecule has 124 valence electrons. The molecular formula is C16H21ClN4O2. The highest BCUT2D eigenvalue weighted by Crippen LogP contribution is 2.12. The summed E-state index contributed by atoms with van der Waals surface area (Å²) in [5, 5.41) is 18.3. The van der Waals surface area contributed by atoms with Gasteiger partial charge in [-0.15, -0.1) is 0 Å². The lowest BCUT2D eigenvalue weighted by Crippen LogP contribution is -2.42. The monoisotopic (exact) mass is 336 g/mol. The van der Waals surface area contributed by atoms with E-state index in [0.29, 0.717) is 30.8 Å². The van der Waals surface area contributed by atoms with E-state index in [-0.39, 0.29) is 0 Å². The first-order chi connectivity index (χ1) is 11.2. The molecule has 0 fully saturated rings. The SMILES string of the molecule is O[C@H](CN[C@@H]1CCc2ncnn2C1)COCc1ccc(Cl)cc1. The number of aliphatic hydroxyl groups excluding tert-OH is 1. The van der Waals surface area contributed by atoms with Crippen molar-refractivity contribution in [1.29, 1.82) is 0 Å². The number of ether oxygens (including phenoxy) is 1. The number of aliphatic hydroxyl groups is 1. The molecule has 7 heteroatoms. The Morgan fingerprint density at radius 2 is 2.22 bits per heavy atom. The van der Waals surface area contributed by atoms with Crippen LogP contribution in [0.4, 0.5) is 0 Å². The van der Waals surface area contributed by atoms with Crippen molar-refractivity contribution in [3.63, 3.8) is 0 Å². The minimum atomic E-state index is -0.528. The molecule has 0 spiro atoms. The van der Waals surface area contributed by atoms with Crippen molar-refractivity contribution in [3.05, 3.63) is 47.0 Å². The van der Waals surface area contributed by atoms with Gasteiger partial charge >= 0.3 is 0 Å². The number of aromatic nitrogens is 3. The highest BCUT2D eigenvalue weighted by atomic mass is 35.5. The predicted molar refractivity (Wildman–Crippen MR) is 87.2 cm³/mol. The maximum atomic E-state index is 10.0. The molecule has 0 bridgehead atoms. The molecular weight excluding hydrogens is 316 g/mol. The van der Waals surface area contributed by atoms with Crippen molar-refractivity contribution < 1.29 is 9.84 Å². The number of halogens is 1. The van der Waals surface area contributed by atoms with Crippen LogP contribution in [0.1, 0.15) is 17.8 Å². The van der Waals surface area contributed by atoms with Crippen molar-refractivity contribution in [1.82, 2.24) is 20.1 Å². The minimum Gasteiger partial charge on any atom is -0.389 e. The fourth-order valence-electron chi connectivity index (χ4n) is 2.66. The summed E-state index contributed by atoms with van der Waals surface area (Å²) in [7, 11) is 0. The average molecular weight is 337 g/mol. The van der Waals surface area contributed by atoms with Crippen molar-refractivity contribution in [2.75, 3.05) is 13.2 Å². The molecule has 2 atom stereocenters. The quantitative estimate of drug-likeness (QED) is 0.800. The number of nitrogens with zero attached hydrogens (tertiary/aromatic N) is 3. The Kier molecular flexibility index (Phi) is 5.61. The van der Waals surface area contributed by atoms with Gasteiger partial charge in [0.1, 0.15) is 12.2 Å². The first-order valence-electron chi connectivity index (χ1n) is 7.81. The van der Waals surface area contributed by atoms with E-state index < -0.39 is 6.10 Å². The molecule has 0 amide bonds. The number of benzene rings is 1. The summed E-state index contributed by atoms with van der Waals surface area (Å²) < 4.78 is 7.47. The van der Waals surface area contributed by atoms with E-state index in [1.165, 1.54) is 0 Å². The van der Waals surface area contributed by atoms with Crippen molar-refractivity contribution in [2.45, 2.75) is 38.1 Å². The molecule has 0 unspecified atom stereocenters. The molecule has 1 aliphatic rings. The third-order valence-corrected chi connectivity index (χ3v) is 4.19. The van der Waals surface area contributed by atoms with Crippen LogP contribution >= 0.6 is 11.6 Å². The summed E-state index contributed by atoms with van der Waals surface area (Å²) in [5.41, 5.74) is 1.04. The zero-order valence-corrected chi connectivity index (χ0v) is 13.6. The summed E-state index contributed by atoms with van der Waals surface area (Å²) >= 11 is 5.84. The van der Waals surface area contributed by atoms with Gasteiger partial charge in [-0.05, 0) is 24.1 Å². The third-order valence-electron chi connectivity index (χ3n) is 3.94. The van der Waals surface area contributed by atoms with E-state index in [4.69, 9.17) is 16.3 Å². The van der Waals surface area contributed by atoms with E-state index in [1.807, 2.05) is 28.9 Å². The molecule has 6 nitrogen and oxygen atoms in total. The second kappa shape index (κ2) is 7.88. The van der Waals surface area contributed by atoms with Gasteiger partial charge in [0.15, 0.2) is 0 Å². The lowest BCUT2D eigenvalue weighted by atomic mass is 10.1. The van der Waals surface area contributed by atoms with Gasteiger partial charge in [0.2, 0.25) is 0 Å². The molecule has 0 saturated carbocycles. The Bertz CT molecular complexity index is 617. The van der Waals surface area contributed by atoms with Crippen LogP contribution in [0.15, 0.2) is 30.6 Å². The van der Waals surface area contributed by atoms with Gasteiger partial charge in [-0.25, -0.2) is 9.67 Å². The van der Waals surface area contributed by atoms with Crippen molar-refractivity contribution in [2.24, 2.45) is 0 Å². The van der Waals surface area contributed by atoms with Gasteiger partial charge < -0.3 is 15.2 Å². The molecule has 1 aliphatic heterocycles. The number of hydrogen-bond acceptors (Lipinski definition) is 5. The zero-order valence-electron chi connectivity index (χ0n) is 12.9. The van der Waals surface area contributed by atoms with Crippen LogP contribution in [0.25, 0.3) is 0 Å². The topological polar surface area (TPSA) is 72.2 Å². The van der Waals surface area contributed by atoms with Gasteiger partial charge in [-0.1, -0.05) is 23.7 Å². The minimum absolute atomic E-state index is 0.303. The van der Waals surface area contributed by atoms with Crippen LogP contribution in [0, 0.1) is 0 Å².